The van der Waals surface area contributed by atoms with Crippen LogP contribution in [0.2, 0.25) is 0 Å². The fraction of sp³-hybridized carbons (Fsp3) is 0.333. The lowest BCUT2D eigenvalue weighted by atomic mass is 10.1. The first-order valence-electron chi connectivity index (χ1n) is 6.52. The summed E-state index contributed by atoms with van der Waals surface area (Å²) in [6.07, 6.45) is 3.56. The van der Waals surface area contributed by atoms with E-state index in [-0.39, 0.29) is 18.1 Å². The van der Waals surface area contributed by atoms with Crippen molar-refractivity contribution >= 4 is 5.78 Å². The largest absolute Gasteiger partial charge is 0.494 e. The molecule has 0 unspecified atom stereocenters. The number of imidazole rings is 1. The number of aromatic nitrogens is 2. The first-order valence-corrected chi connectivity index (χ1v) is 6.52. The number of rotatable bonds is 6. The zero-order chi connectivity index (χ0) is 15.4. The molecule has 0 aliphatic heterocycles. The number of benzene rings is 1. The number of nitrogens with zero attached hydrogens (tertiary/aromatic N) is 3. The van der Waals surface area contributed by atoms with E-state index in [2.05, 4.69) is 4.98 Å². The number of aryl methyl sites for hydroxylation is 1. The molecule has 0 saturated carbocycles. The van der Waals surface area contributed by atoms with Crippen LogP contribution in [0, 0.1) is 5.82 Å². The Hall–Kier alpha value is -2.21. The third-order valence-corrected chi connectivity index (χ3v) is 3.22. The van der Waals surface area contributed by atoms with Crippen molar-refractivity contribution in [1.82, 2.24) is 14.5 Å². The van der Waals surface area contributed by atoms with Gasteiger partial charge >= 0.3 is 0 Å². The summed E-state index contributed by atoms with van der Waals surface area (Å²) in [5.74, 6) is 0.322. The molecule has 0 spiro atoms. The second kappa shape index (κ2) is 6.49. The van der Waals surface area contributed by atoms with Crippen LogP contribution in [0.4, 0.5) is 4.39 Å². The van der Waals surface area contributed by atoms with E-state index >= 15 is 0 Å². The van der Waals surface area contributed by atoms with Gasteiger partial charge in [0.1, 0.15) is 5.82 Å². The summed E-state index contributed by atoms with van der Waals surface area (Å²) in [5.41, 5.74) is 0.333. The Labute approximate surface area is 123 Å². The van der Waals surface area contributed by atoms with Crippen LogP contribution >= 0.6 is 0 Å². The summed E-state index contributed by atoms with van der Waals surface area (Å²) in [5, 5.41) is 0. The molecule has 0 radical (unpaired) electrons. The normalized spacial score (nSPS) is 10.9. The van der Waals surface area contributed by atoms with Crippen LogP contribution in [0.5, 0.6) is 5.75 Å². The van der Waals surface area contributed by atoms with E-state index in [1.807, 2.05) is 29.8 Å². The smallest absolute Gasteiger partial charge is 0.176 e. The number of likely N-dealkylation sites (N-methyl/N-ethyl adjacent to an activating group) is 1. The fourth-order valence-corrected chi connectivity index (χ4v) is 2.02. The van der Waals surface area contributed by atoms with Gasteiger partial charge in [-0.3, -0.25) is 9.69 Å². The van der Waals surface area contributed by atoms with E-state index < -0.39 is 5.82 Å². The van der Waals surface area contributed by atoms with Crippen molar-refractivity contribution < 1.29 is 13.9 Å². The molecule has 112 valence electrons. The lowest BCUT2D eigenvalue weighted by Crippen LogP contribution is -2.26. The van der Waals surface area contributed by atoms with Crippen LogP contribution in [-0.4, -0.2) is 40.9 Å². The van der Waals surface area contributed by atoms with E-state index in [9.17, 15) is 9.18 Å². The van der Waals surface area contributed by atoms with Crippen LogP contribution in [0.1, 0.15) is 16.2 Å². The Bertz CT molecular complexity index is 640. The van der Waals surface area contributed by atoms with Crippen LogP contribution in [0.15, 0.2) is 30.6 Å². The topological polar surface area (TPSA) is 47.4 Å². The maximum Gasteiger partial charge on any atom is 0.176 e. The van der Waals surface area contributed by atoms with Crippen LogP contribution in [-0.2, 0) is 13.6 Å². The van der Waals surface area contributed by atoms with Gasteiger partial charge in [-0.1, -0.05) is 0 Å². The molecule has 2 rings (SSSR count). The molecule has 1 heterocycles. The number of carbonyl (C=O) groups is 1. The van der Waals surface area contributed by atoms with Crippen molar-refractivity contribution in [2.75, 3.05) is 20.7 Å². The van der Waals surface area contributed by atoms with Gasteiger partial charge in [-0.2, -0.15) is 0 Å². The van der Waals surface area contributed by atoms with Crippen molar-refractivity contribution in [3.05, 3.63) is 47.8 Å². The number of hydrogen-bond acceptors (Lipinski definition) is 4. The highest BCUT2D eigenvalue weighted by Gasteiger charge is 2.13. The van der Waals surface area contributed by atoms with Crippen molar-refractivity contribution in [1.29, 1.82) is 0 Å². The lowest BCUT2D eigenvalue weighted by Gasteiger charge is -2.15. The number of halogens is 1. The van der Waals surface area contributed by atoms with Gasteiger partial charge in [0, 0.05) is 25.0 Å². The molecule has 6 heteroatoms. The Kier molecular flexibility index (Phi) is 4.70. The predicted molar refractivity (Wildman–Crippen MR) is 76.8 cm³/mol. The molecule has 0 atom stereocenters. The zero-order valence-electron chi connectivity index (χ0n) is 12.3. The van der Waals surface area contributed by atoms with E-state index in [4.69, 9.17) is 4.74 Å². The van der Waals surface area contributed by atoms with E-state index in [0.717, 1.165) is 5.82 Å². The van der Waals surface area contributed by atoms with Crippen molar-refractivity contribution in [3.63, 3.8) is 0 Å². The van der Waals surface area contributed by atoms with E-state index in [1.165, 1.54) is 19.2 Å². The predicted octanol–water partition coefficient (Wildman–Crippen LogP) is 1.88. The van der Waals surface area contributed by atoms with Gasteiger partial charge < -0.3 is 9.30 Å². The molecule has 0 amide bonds. The Morgan fingerprint density at radius 2 is 2.24 bits per heavy atom. The Morgan fingerprint density at radius 3 is 2.81 bits per heavy atom. The Balaban J connectivity index is 2.00. The molecule has 0 aliphatic carbocycles. The first-order chi connectivity index (χ1) is 10.0. The maximum absolute atomic E-state index is 13.6. The maximum atomic E-state index is 13.6. The molecule has 0 aliphatic rings. The zero-order valence-corrected chi connectivity index (χ0v) is 12.3. The monoisotopic (exact) mass is 291 g/mol. The second-order valence-electron chi connectivity index (χ2n) is 4.90. The third kappa shape index (κ3) is 3.66. The number of Topliss-reactive ketones (excluding diaryl/α,β-unsaturated/α-hetero) is 1. The highest BCUT2D eigenvalue weighted by Crippen LogP contribution is 2.18. The van der Waals surface area contributed by atoms with Gasteiger partial charge in [-0.15, -0.1) is 0 Å². The third-order valence-electron chi connectivity index (χ3n) is 3.22. The molecule has 0 bridgehead atoms. The summed E-state index contributed by atoms with van der Waals surface area (Å²) in [7, 11) is 5.11. The van der Waals surface area contributed by atoms with E-state index in [1.54, 1.807) is 12.3 Å². The van der Waals surface area contributed by atoms with Gasteiger partial charge in [0.05, 0.1) is 20.2 Å². The number of carbonyl (C=O) groups excluding carboxylic acids is 1. The Morgan fingerprint density at radius 1 is 1.48 bits per heavy atom. The van der Waals surface area contributed by atoms with Gasteiger partial charge in [0.2, 0.25) is 0 Å². The quantitative estimate of drug-likeness (QED) is 0.763. The van der Waals surface area contributed by atoms with E-state index in [0.29, 0.717) is 12.1 Å². The van der Waals surface area contributed by atoms with Crippen LogP contribution in [0.25, 0.3) is 0 Å². The average Bonchev–Trinajstić information content (AvgIpc) is 2.84. The van der Waals surface area contributed by atoms with Gasteiger partial charge in [0.15, 0.2) is 17.3 Å². The van der Waals surface area contributed by atoms with Crippen molar-refractivity contribution in [3.8, 4) is 5.75 Å². The van der Waals surface area contributed by atoms with Gasteiger partial charge in [0.25, 0.3) is 0 Å². The summed E-state index contributed by atoms with van der Waals surface area (Å²) in [4.78, 5) is 18.2. The fourth-order valence-electron chi connectivity index (χ4n) is 2.02. The molecule has 0 fully saturated rings. The minimum Gasteiger partial charge on any atom is -0.494 e. The molecule has 5 nitrogen and oxygen atoms in total. The number of hydrogen-bond donors (Lipinski definition) is 0. The van der Waals surface area contributed by atoms with Gasteiger partial charge in [-0.05, 0) is 25.2 Å². The SMILES string of the molecule is COc1ccc(C(=O)CN(C)Cc2nccn2C)cc1F. The molecule has 1 aromatic heterocycles. The standard InChI is InChI=1S/C15H18FN3O2/c1-18(10-15-17-6-7-19(15)2)9-13(20)11-4-5-14(21-3)12(16)8-11/h4-8H,9-10H2,1-3H3. The van der Waals surface area contributed by atoms with Crippen LogP contribution < -0.4 is 4.74 Å². The summed E-state index contributed by atoms with van der Waals surface area (Å²) >= 11 is 0. The lowest BCUT2D eigenvalue weighted by molar-refractivity contribution is 0.0941. The summed E-state index contributed by atoms with van der Waals surface area (Å²) in [6, 6.07) is 4.23. The van der Waals surface area contributed by atoms with Crippen LogP contribution in [0.3, 0.4) is 0 Å². The average molecular weight is 291 g/mol. The van der Waals surface area contributed by atoms with Crippen molar-refractivity contribution in [2.45, 2.75) is 6.54 Å². The molecular formula is C15H18FN3O2. The molecule has 0 N–H and O–H groups in total. The molecule has 2 aromatic rings. The highest BCUT2D eigenvalue weighted by atomic mass is 19.1. The summed E-state index contributed by atoms with van der Waals surface area (Å²) in [6.45, 7) is 0.743. The minimum absolute atomic E-state index is 0.132. The molecule has 21 heavy (non-hydrogen) atoms. The number of ether oxygens (including phenoxy) is 1. The molecule has 0 saturated heterocycles. The van der Waals surface area contributed by atoms with Crippen molar-refractivity contribution in [2.24, 2.45) is 7.05 Å². The minimum atomic E-state index is -0.532. The second-order valence-corrected chi connectivity index (χ2v) is 4.90. The summed E-state index contributed by atoms with van der Waals surface area (Å²) < 4.78 is 20.3. The first kappa shape index (κ1) is 15.2. The highest BCUT2D eigenvalue weighted by molar-refractivity contribution is 5.97. The molecular weight excluding hydrogens is 273 g/mol. The van der Waals surface area contributed by atoms with Gasteiger partial charge in [-0.25, -0.2) is 9.37 Å². The number of methoxy groups -OCH3 is 1. The number of ketones is 1. The molecule has 1 aromatic carbocycles.